The molecule has 2 heterocycles. The van der Waals surface area contributed by atoms with Crippen molar-refractivity contribution >= 4 is 28.8 Å². The number of hydrogen-bond acceptors (Lipinski definition) is 5. The topological polar surface area (TPSA) is 89.8 Å². The largest absolute Gasteiger partial charge is 0.490 e. The van der Waals surface area contributed by atoms with Crippen molar-refractivity contribution in [2.24, 2.45) is 0 Å². The molecular formula is C25H19N3O4. The van der Waals surface area contributed by atoms with Gasteiger partial charge < -0.3 is 10.1 Å². The van der Waals surface area contributed by atoms with E-state index in [0.29, 0.717) is 51.8 Å². The van der Waals surface area contributed by atoms with Gasteiger partial charge >= 0.3 is 0 Å². The van der Waals surface area contributed by atoms with Crippen LogP contribution in [0.2, 0.25) is 0 Å². The molecule has 7 nitrogen and oxygen atoms in total. The summed E-state index contributed by atoms with van der Waals surface area (Å²) in [5, 5.41) is 2.83. The van der Waals surface area contributed by atoms with Crippen LogP contribution in [0.1, 0.15) is 54.9 Å². The number of imidazole rings is 1. The number of ketones is 2. The summed E-state index contributed by atoms with van der Waals surface area (Å²) < 4.78 is 7.29. The van der Waals surface area contributed by atoms with E-state index in [1.165, 1.54) is 0 Å². The fourth-order valence-electron chi connectivity index (χ4n) is 4.07. The number of anilines is 1. The van der Waals surface area contributed by atoms with Crippen LogP contribution in [0.25, 0.3) is 5.65 Å². The Hall–Kier alpha value is -4.26. The Labute approximate surface area is 183 Å². The van der Waals surface area contributed by atoms with Crippen molar-refractivity contribution in [1.82, 2.24) is 9.38 Å². The van der Waals surface area contributed by atoms with E-state index in [-0.39, 0.29) is 23.0 Å². The van der Waals surface area contributed by atoms with Gasteiger partial charge in [-0.3, -0.25) is 18.8 Å². The van der Waals surface area contributed by atoms with E-state index in [4.69, 9.17) is 4.74 Å². The van der Waals surface area contributed by atoms with Crippen LogP contribution < -0.4 is 10.1 Å². The lowest BCUT2D eigenvalue weighted by Crippen LogP contribution is -2.22. The van der Waals surface area contributed by atoms with Crippen molar-refractivity contribution < 1.29 is 19.1 Å². The summed E-state index contributed by atoms with van der Waals surface area (Å²) in [5.74, 6) is -0.222. The van der Waals surface area contributed by atoms with Gasteiger partial charge in [-0.2, -0.15) is 0 Å². The molecule has 0 aliphatic heterocycles. The minimum absolute atomic E-state index is 0.200. The molecular weight excluding hydrogens is 406 g/mol. The van der Waals surface area contributed by atoms with E-state index in [1.54, 1.807) is 72.1 Å². The summed E-state index contributed by atoms with van der Waals surface area (Å²) in [5.41, 5.74) is 3.27. The van der Waals surface area contributed by atoms with Gasteiger partial charge in [-0.1, -0.05) is 24.3 Å². The lowest BCUT2D eigenvalue weighted by Gasteiger charge is -2.18. The normalized spacial score (nSPS) is 12.4. The Kier molecular flexibility index (Phi) is 4.59. The molecule has 32 heavy (non-hydrogen) atoms. The average Bonchev–Trinajstić information content (AvgIpc) is 3.14. The SMILES string of the molecule is CCOc1cccn2c(C(=O)Nc3ccc4c(c3)C(=O)c3ccccc3C4=O)c(C)nc12. The highest BCUT2D eigenvalue weighted by atomic mass is 16.5. The summed E-state index contributed by atoms with van der Waals surface area (Å²) in [6, 6.07) is 15.1. The zero-order chi connectivity index (χ0) is 22.4. The van der Waals surface area contributed by atoms with Crippen LogP contribution in [0, 0.1) is 6.92 Å². The predicted molar refractivity (Wildman–Crippen MR) is 119 cm³/mol. The van der Waals surface area contributed by atoms with E-state index in [2.05, 4.69) is 10.3 Å². The molecule has 1 aliphatic carbocycles. The van der Waals surface area contributed by atoms with Crippen LogP contribution in [0.3, 0.4) is 0 Å². The molecule has 0 atom stereocenters. The van der Waals surface area contributed by atoms with E-state index in [0.717, 1.165) is 0 Å². The average molecular weight is 425 g/mol. The third-order valence-electron chi connectivity index (χ3n) is 5.49. The molecule has 2 aromatic heterocycles. The molecule has 0 saturated carbocycles. The molecule has 0 unspecified atom stereocenters. The minimum atomic E-state index is -0.376. The van der Waals surface area contributed by atoms with Crippen LogP contribution >= 0.6 is 0 Å². The van der Waals surface area contributed by atoms with Crippen molar-refractivity contribution in [2.75, 3.05) is 11.9 Å². The zero-order valence-corrected chi connectivity index (χ0v) is 17.5. The number of aryl methyl sites for hydroxylation is 1. The molecule has 0 fully saturated rings. The van der Waals surface area contributed by atoms with Gasteiger partial charge in [0.05, 0.1) is 12.3 Å². The van der Waals surface area contributed by atoms with Gasteiger partial charge in [-0.25, -0.2) is 4.98 Å². The monoisotopic (exact) mass is 425 g/mol. The molecule has 0 saturated heterocycles. The highest BCUT2D eigenvalue weighted by Gasteiger charge is 2.29. The smallest absolute Gasteiger partial charge is 0.274 e. The molecule has 0 bridgehead atoms. The quantitative estimate of drug-likeness (QED) is 0.469. The molecule has 1 N–H and O–H groups in total. The number of rotatable bonds is 4. The maximum Gasteiger partial charge on any atom is 0.274 e. The fourth-order valence-corrected chi connectivity index (χ4v) is 4.07. The maximum absolute atomic E-state index is 13.1. The molecule has 0 radical (unpaired) electrons. The molecule has 7 heteroatoms. The maximum atomic E-state index is 13.1. The fraction of sp³-hybridized carbons (Fsp3) is 0.120. The lowest BCUT2D eigenvalue weighted by atomic mass is 9.84. The van der Waals surface area contributed by atoms with Crippen molar-refractivity contribution in [1.29, 1.82) is 0 Å². The molecule has 1 aliphatic rings. The highest BCUT2D eigenvalue weighted by Crippen LogP contribution is 2.29. The summed E-state index contributed by atoms with van der Waals surface area (Å²) in [4.78, 5) is 43.4. The summed E-state index contributed by atoms with van der Waals surface area (Å²) in [7, 11) is 0. The van der Waals surface area contributed by atoms with Gasteiger partial charge in [-0.15, -0.1) is 0 Å². The third-order valence-corrected chi connectivity index (χ3v) is 5.49. The highest BCUT2D eigenvalue weighted by molar-refractivity contribution is 6.28. The third kappa shape index (κ3) is 2.98. The number of aromatic nitrogens is 2. The van der Waals surface area contributed by atoms with Crippen LogP contribution in [0.15, 0.2) is 60.8 Å². The Bertz CT molecular complexity index is 1430. The first-order chi connectivity index (χ1) is 15.5. The Balaban J connectivity index is 1.50. The molecule has 4 aromatic rings. The van der Waals surface area contributed by atoms with Gasteiger partial charge in [-0.05, 0) is 44.2 Å². The molecule has 158 valence electrons. The molecule has 1 amide bonds. The molecule has 2 aromatic carbocycles. The van der Waals surface area contributed by atoms with Crippen molar-refractivity contribution in [2.45, 2.75) is 13.8 Å². The van der Waals surface area contributed by atoms with Gasteiger partial charge in [0.15, 0.2) is 23.0 Å². The molecule has 0 spiro atoms. The Morgan fingerprint density at radius 3 is 2.38 bits per heavy atom. The van der Waals surface area contributed by atoms with Gasteiger partial charge in [0.25, 0.3) is 5.91 Å². The van der Waals surface area contributed by atoms with Gasteiger partial charge in [0, 0.05) is 34.1 Å². The van der Waals surface area contributed by atoms with Crippen LogP contribution in [0.5, 0.6) is 5.75 Å². The second-order valence-electron chi connectivity index (χ2n) is 7.46. The lowest BCUT2D eigenvalue weighted by molar-refractivity contribution is 0.0979. The Morgan fingerprint density at radius 1 is 0.969 bits per heavy atom. The number of pyridine rings is 1. The number of nitrogens with one attached hydrogen (secondary N) is 1. The number of amides is 1. The second kappa shape index (κ2) is 7.46. The Morgan fingerprint density at radius 2 is 1.66 bits per heavy atom. The van der Waals surface area contributed by atoms with E-state index in [9.17, 15) is 14.4 Å². The molecule has 5 rings (SSSR count). The first kappa shape index (κ1) is 19.7. The summed E-state index contributed by atoms with van der Waals surface area (Å²) in [6.07, 6.45) is 1.75. The van der Waals surface area contributed by atoms with Crippen molar-refractivity contribution in [3.8, 4) is 5.75 Å². The standard InChI is InChI=1S/C25H19N3O4/c1-3-32-20-9-6-12-28-21(14(2)26-24(20)28)25(31)27-15-10-11-18-19(13-15)23(30)17-8-5-4-7-16(17)22(18)29/h4-13H,3H2,1-2H3,(H,27,31). The van der Waals surface area contributed by atoms with Gasteiger partial charge in [0.1, 0.15) is 5.69 Å². The number of hydrogen-bond donors (Lipinski definition) is 1. The predicted octanol–water partition coefficient (Wildman–Crippen LogP) is 4.07. The number of carbonyl (C=O) groups is 3. The number of fused-ring (bicyclic) bond motifs is 3. The first-order valence-corrected chi connectivity index (χ1v) is 10.2. The number of ether oxygens (including phenoxy) is 1. The zero-order valence-electron chi connectivity index (χ0n) is 17.5. The van der Waals surface area contributed by atoms with Crippen LogP contribution in [-0.2, 0) is 0 Å². The van der Waals surface area contributed by atoms with E-state index < -0.39 is 0 Å². The summed E-state index contributed by atoms with van der Waals surface area (Å²) >= 11 is 0. The minimum Gasteiger partial charge on any atom is -0.490 e. The summed E-state index contributed by atoms with van der Waals surface area (Å²) in [6.45, 7) is 4.12. The number of carbonyl (C=O) groups excluding carboxylic acids is 3. The number of benzene rings is 2. The van der Waals surface area contributed by atoms with Crippen molar-refractivity contribution in [3.63, 3.8) is 0 Å². The van der Waals surface area contributed by atoms with E-state index in [1.807, 2.05) is 6.92 Å². The number of nitrogens with zero attached hydrogens (tertiary/aromatic N) is 2. The van der Waals surface area contributed by atoms with Gasteiger partial charge in [0.2, 0.25) is 0 Å². The second-order valence-corrected chi connectivity index (χ2v) is 7.46. The van der Waals surface area contributed by atoms with Crippen LogP contribution in [0.4, 0.5) is 5.69 Å². The van der Waals surface area contributed by atoms with Crippen molar-refractivity contribution in [3.05, 3.63) is 94.4 Å². The van der Waals surface area contributed by atoms with Crippen LogP contribution in [-0.4, -0.2) is 33.5 Å². The first-order valence-electron chi connectivity index (χ1n) is 10.2. The van der Waals surface area contributed by atoms with E-state index >= 15 is 0 Å².